The van der Waals surface area contributed by atoms with Crippen LogP contribution in [-0.2, 0) is 19.8 Å². The highest BCUT2D eigenvalue weighted by Gasteiger charge is 2.41. The molecular formula is C25H20ClFN4OS. The molecule has 5 rings (SSSR count). The number of fused-ring (bicyclic) bond motifs is 1. The van der Waals surface area contributed by atoms with E-state index in [-0.39, 0.29) is 11.3 Å². The van der Waals surface area contributed by atoms with Crippen LogP contribution in [0.15, 0.2) is 72.0 Å². The third-order valence-electron chi connectivity index (χ3n) is 5.90. The van der Waals surface area contributed by atoms with Crippen LogP contribution in [-0.4, -0.2) is 19.1 Å². The number of pyridine rings is 2. The summed E-state index contributed by atoms with van der Waals surface area (Å²) < 4.78 is 20.4. The average Bonchev–Trinajstić information content (AvgIpc) is 3.44. The molecule has 0 aliphatic carbocycles. The lowest BCUT2D eigenvalue weighted by atomic mass is 9.88. The van der Waals surface area contributed by atoms with Crippen LogP contribution in [0.25, 0.3) is 21.3 Å². The highest BCUT2D eigenvalue weighted by Crippen LogP contribution is 2.42. The Hall–Kier alpha value is -3.29. The monoisotopic (exact) mass is 478 g/mol. The Morgan fingerprint density at radius 2 is 1.82 bits per heavy atom. The minimum Gasteiger partial charge on any atom is -0.334 e. The number of nitrogens with zero attached hydrogens (tertiary/aromatic N) is 4. The molecule has 1 atom stereocenters. The average molecular weight is 479 g/mol. The van der Waals surface area contributed by atoms with Crippen molar-refractivity contribution >= 4 is 33.8 Å². The Labute approximate surface area is 198 Å². The lowest BCUT2D eigenvalue weighted by Crippen LogP contribution is -2.28. The molecule has 5 aromatic rings. The lowest BCUT2D eigenvalue weighted by molar-refractivity contribution is 0.260. The van der Waals surface area contributed by atoms with Crippen molar-refractivity contribution in [3.8, 4) is 10.4 Å². The zero-order valence-corrected chi connectivity index (χ0v) is 19.8. The van der Waals surface area contributed by atoms with Gasteiger partial charge in [0.15, 0.2) is 0 Å². The molecule has 0 saturated carbocycles. The zero-order valence-electron chi connectivity index (χ0n) is 18.2. The Morgan fingerprint density at radius 1 is 1.06 bits per heavy atom. The Kier molecular flexibility index (Phi) is 5.18. The summed E-state index contributed by atoms with van der Waals surface area (Å²) in [5.41, 5.74) is 0.106. The smallest absolute Gasteiger partial charge is 0.251 e. The van der Waals surface area contributed by atoms with Crippen molar-refractivity contribution < 1.29 is 4.39 Å². The fourth-order valence-electron chi connectivity index (χ4n) is 4.12. The molecule has 0 fully saturated rings. The van der Waals surface area contributed by atoms with Crippen LogP contribution in [0.2, 0.25) is 5.02 Å². The van der Waals surface area contributed by atoms with Gasteiger partial charge in [0.05, 0.1) is 35.6 Å². The van der Waals surface area contributed by atoms with Crippen LogP contribution in [0.1, 0.15) is 21.8 Å². The number of imidazole rings is 1. The molecule has 5 nitrogen and oxygen atoms in total. The van der Waals surface area contributed by atoms with Crippen molar-refractivity contribution in [2.45, 2.75) is 12.6 Å². The van der Waals surface area contributed by atoms with E-state index in [9.17, 15) is 4.79 Å². The van der Waals surface area contributed by atoms with Crippen molar-refractivity contribution in [2.24, 2.45) is 14.1 Å². The summed E-state index contributed by atoms with van der Waals surface area (Å²) in [5, 5.41) is 1.27. The number of aryl methyl sites for hydroxylation is 3. The summed E-state index contributed by atoms with van der Waals surface area (Å²) >= 11 is 7.67. The van der Waals surface area contributed by atoms with Gasteiger partial charge in [0.1, 0.15) is 0 Å². The van der Waals surface area contributed by atoms with Crippen molar-refractivity contribution in [3.05, 3.63) is 104 Å². The maximum atomic E-state index is 17.2. The first-order valence-corrected chi connectivity index (χ1v) is 11.5. The first kappa shape index (κ1) is 21.6. The van der Waals surface area contributed by atoms with Crippen LogP contribution >= 0.6 is 22.9 Å². The largest absolute Gasteiger partial charge is 0.334 e. The fraction of sp³-hybridized carbons (Fsp3) is 0.160. The Morgan fingerprint density at radius 3 is 2.45 bits per heavy atom. The van der Waals surface area contributed by atoms with Gasteiger partial charge in [-0.05, 0) is 37.3 Å². The van der Waals surface area contributed by atoms with Gasteiger partial charge >= 0.3 is 0 Å². The van der Waals surface area contributed by atoms with E-state index in [2.05, 4.69) is 9.97 Å². The van der Waals surface area contributed by atoms with Gasteiger partial charge in [-0.2, -0.15) is 0 Å². The zero-order chi connectivity index (χ0) is 23.3. The molecule has 0 bridgehead atoms. The quantitative estimate of drug-likeness (QED) is 0.337. The molecular weight excluding hydrogens is 459 g/mol. The maximum Gasteiger partial charge on any atom is 0.251 e. The number of hydrogen-bond donors (Lipinski definition) is 0. The first-order valence-electron chi connectivity index (χ1n) is 10.3. The lowest BCUT2D eigenvalue weighted by Gasteiger charge is -2.26. The summed E-state index contributed by atoms with van der Waals surface area (Å²) in [7, 11) is 3.44. The Bertz CT molecular complexity index is 1550. The Balaban J connectivity index is 1.83. The molecule has 33 heavy (non-hydrogen) atoms. The molecule has 0 N–H and O–H groups in total. The molecule has 0 aliphatic rings. The molecule has 0 aliphatic heterocycles. The predicted octanol–water partition coefficient (Wildman–Crippen LogP) is 5.62. The summed E-state index contributed by atoms with van der Waals surface area (Å²) in [6, 6.07) is 14.0. The van der Waals surface area contributed by atoms with E-state index in [0.29, 0.717) is 21.8 Å². The first-order chi connectivity index (χ1) is 15.8. The topological polar surface area (TPSA) is 52.7 Å². The minimum absolute atomic E-state index is 0.144. The fourth-order valence-corrected chi connectivity index (χ4v) is 5.14. The van der Waals surface area contributed by atoms with Gasteiger partial charge in [-0.1, -0.05) is 23.7 Å². The number of benzene rings is 1. The van der Waals surface area contributed by atoms with Gasteiger partial charge in [-0.25, -0.2) is 9.37 Å². The number of rotatable bonds is 4. The SMILES string of the molecule is Cc1ccc(-c2cc(=O)n(C)c3cnc([C@](F)(c4ccc(Cl)cc4)c4cncn4C)cc23)s1. The molecule has 4 aromatic heterocycles. The molecule has 0 amide bonds. The molecule has 0 radical (unpaired) electrons. The summed E-state index contributed by atoms with van der Waals surface area (Å²) in [6.07, 6.45) is 4.63. The number of hydrogen-bond acceptors (Lipinski definition) is 4. The van der Waals surface area contributed by atoms with Gasteiger partial charge in [-0.3, -0.25) is 9.78 Å². The van der Waals surface area contributed by atoms with Gasteiger partial charge in [0.25, 0.3) is 5.56 Å². The maximum absolute atomic E-state index is 17.2. The molecule has 8 heteroatoms. The third kappa shape index (κ3) is 3.48. The molecule has 4 heterocycles. The molecule has 0 spiro atoms. The van der Waals surface area contributed by atoms with Crippen LogP contribution in [0, 0.1) is 6.92 Å². The predicted molar refractivity (Wildman–Crippen MR) is 131 cm³/mol. The normalized spacial score (nSPS) is 13.4. The molecule has 0 unspecified atom stereocenters. The van der Waals surface area contributed by atoms with E-state index in [1.807, 2.05) is 19.1 Å². The van der Waals surface area contributed by atoms with Gasteiger partial charge in [-0.15, -0.1) is 11.3 Å². The second kappa shape index (κ2) is 7.93. The standard InChI is InChI=1S/C25H20ClFN4OS/c1-15-4-9-21(33-15)19-11-24(32)31(3)20-12-29-22(10-18(19)20)25(27,23-13-28-14-30(23)2)16-5-7-17(26)8-6-16/h4-14H,1-3H3/t25-/m1/s1. The number of alkyl halides is 1. The van der Waals surface area contributed by atoms with E-state index in [1.165, 1.54) is 10.8 Å². The highest BCUT2D eigenvalue weighted by molar-refractivity contribution is 7.15. The van der Waals surface area contributed by atoms with E-state index < -0.39 is 5.67 Å². The molecule has 166 valence electrons. The van der Waals surface area contributed by atoms with E-state index in [0.717, 1.165) is 20.7 Å². The molecule has 1 aromatic carbocycles. The van der Waals surface area contributed by atoms with Crippen LogP contribution < -0.4 is 5.56 Å². The van der Waals surface area contributed by atoms with Crippen molar-refractivity contribution in [2.75, 3.05) is 0 Å². The van der Waals surface area contributed by atoms with E-state index in [4.69, 9.17) is 11.6 Å². The van der Waals surface area contributed by atoms with Gasteiger partial charge < -0.3 is 9.13 Å². The summed E-state index contributed by atoms with van der Waals surface area (Å²) in [6.45, 7) is 2.01. The second-order valence-corrected chi connectivity index (χ2v) is 9.73. The van der Waals surface area contributed by atoms with Crippen LogP contribution in [0.5, 0.6) is 0 Å². The van der Waals surface area contributed by atoms with Crippen molar-refractivity contribution in [3.63, 3.8) is 0 Å². The number of halogens is 2. The van der Waals surface area contributed by atoms with Crippen LogP contribution in [0.3, 0.4) is 0 Å². The summed E-state index contributed by atoms with van der Waals surface area (Å²) in [4.78, 5) is 23.4. The third-order valence-corrected chi connectivity index (χ3v) is 7.19. The highest BCUT2D eigenvalue weighted by atomic mass is 35.5. The number of thiophene rings is 1. The number of aromatic nitrogens is 4. The van der Waals surface area contributed by atoms with Crippen molar-refractivity contribution in [1.82, 2.24) is 19.1 Å². The molecule has 0 saturated heterocycles. The van der Waals surface area contributed by atoms with Crippen molar-refractivity contribution in [1.29, 1.82) is 0 Å². The van der Waals surface area contributed by atoms with Gasteiger partial charge in [0, 0.05) is 51.5 Å². The van der Waals surface area contributed by atoms with Gasteiger partial charge in [0.2, 0.25) is 5.67 Å². The van der Waals surface area contributed by atoms with E-state index >= 15 is 4.39 Å². The second-order valence-electron chi connectivity index (χ2n) is 8.01. The minimum atomic E-state index is -2.08. The summed E-state index contributed by atoms with van der Waals surface area (Å²) in [5.74, 6) is 0. The van der Waals surface area contributed by atoms with Crippen LogP contribution in [0.4, 0.5) is 4.39 Å². The van der Waals surface area contributed by atoms with E-state index in [1.54, 1.807) is 78.9 Å².